The quantitative estimate of drug-likeness (QED) is 0.626. The third kappa shape index (κ3) is 3.17. The number of ether oxygens (including phenoxy) is 1. The smallest absolute Gasteiger partial charge is 0.343 e. The van der Waals surface area contributed by atoms with E-state index in [0.29, 0.717) is 12.7 Å². The molecule has 4 aliphatic rings. The third-order valence-electron chi connectivity index (χ3n) is 5.98. The monoisotopic (exact) mass is 374 g/mol. The molecule has 1 aromatic rings. The highest BCUT2D eigenvalue weighted by Crippen LogP contribution is 2.17. The van der Waals surface area contributed by atoms with E-state index in [9.17, 15) is 4.79 Å². The first-order valence-electron chi connectivity index (χ1n) is 9.78. The van der Waals surface area contributed by atoms with Crippen molar-refractivity contribution in [3.63, 3.8) is 0 Å². The standard InChI is InChI=1S/C17H26N8O2/c26-17-21-20-16-14-11-19-25(15(14)18-12-24(16)17)6-5-22-3-1-13(2-4-22)23-7-9-27-10-8-23/h11,13,20H,1-10,12H2,(H,21,26). The number of nitrogens with zero attached hydrogens (tertiary/aromatic N) is 6. The molecule has 0 aromatic carbocycles. The van der Waals surface area contributed by atoms with Crippen molar-refractivity contribution in [3.8, 4) is 0 Å². The van der Waals surface area contributed by atoms with Gasteiger partial charge in [-0.1, -0.05) is 0 Å². The number of hydrogen-bond donors (Lipinski definition) is 2. The number of nitrogens with one attached hydrogen (secondary N) is 2. The number of morpholine rings is 1. The Morgan fingerprint density at radius 3 is 2.74 bits per heavy atom. The van der Waals surface area contributed by atoms with Crippen LogP contribution in [0.2, 0.25) is 0 Å². The van der Waals surface area contributed by atoms with Crippen LogP contribution in [0.4, 0.5) is 4.79 Å². The number of carbonyl (C=O) groups is 1. The topological polar surface area (TPSA) is 90.3 Å². The molecule has 0 unspecified atom stereocenters. The normalized spacial score (nSPS) is 24.2. The summed E-state index contributed by atoms with van der Waals surface area (Å²) in [7, 11) is 0. The molecule has 27 heavy (non-hydrogen) atoms. The first-order chi connectivity index (χ1) is 13.3. The van der Waals surface area contributed by atoms with Crippen LogP contribution in [0.1, 0.15) is 12.8 Å². The molecule has 0 spiro atoms. The zero-order valence-electron chi connectivity index (χ0n) is 15.4. The van der Waals surface area contributed by atoms with Gasteiger partial charge in [0.2, 0.25) is 0 Å². The van der Waals surface area contributed by atoms with E-state index >= 15 is 0 Å². The van der Waals surface area contributed by atoms with Gasteiger partial charge >= 0.3 is 6.03 Å². The number of piperidine rings is 1. The number of hydrazine groups is 1. The van der Waals surface area contributed by atoms with Crippen molar-refractivity contribution in [2.24, 2.45) is 4.99 Å². The van der Waals surface area contributed by atoms with Gasteiger partial charge in [-0.15, -0.1) is 0 Å². The van der Waals surface area contributed by atoms with Crippen molar-refractivity contribution in [1.29, 1.82) is 0 Å². The highest BCUT2D eigenvalue weighted by atomic mass is 16.5. The molecule has 146 valence electrons. The molecule has 1 aromatic heterocycles. The van der Waals surface area contributed by atoms with Crippen molar-refractivity contribution < 1.29 is 9.53 Å². The second-order valence-corrected chi connectivity index (χ2v) is 7.46. The maximum absolute atomic E-state index is 11.7. The molecule has 2 N–H and O–H groups in total. The Kier molecular flexibility index (Phi) is 4.46. The van der Waals surface area contributed by atoms with Crippen molar-refractivity contribution in [1.82, 2.24) is 35.3 Å². The number of carbonyl (C=O) groups excluding carboxylic acids is 1. The van der Waals surface area contributed by atoms with Gasteiger partial charge in [0.15, 0.2) is 5.49 Å². The van der Waals surface area contributed by atoms with Crippen LogP contribution in [-0.4, -0.2) is 89.2 Å². The molecule has 0 bridgehead atoms. The van der Waals surface area contributed by atoms with Crippen LogP contribution in [-0.2, 0) is 11.3 Å². The van der Waals surface area contributed by atoms with Crippen molar-refractivity contribution in [2.75, 3.05) is 52.6 Å². The lowest BCUT2D eigenvalue weighted by Gasteiger charge is -2.40. The molecule has 5 rings (SSSR count). The fraction of sp³-hybridized carbons (Fsp3) is 0.706. The Hall–Kier alpha value is -2.17. The second kappa shape index (κ2) is 7.10. The second-order valence-electron chi connectivity index (χ2n) is 7.46. The predicted molar refractivity (Wildman–Crippen MR) is 96.6 cm³/mol. The molecule has 0 atom stereocenters. The van der Waals surface area contributed by atoms with Crippen LogP contribution in [0.25, 0.3) is 5.82 Å². The zero-order chi connectivity index (χ0) is 18.2. The first-order valence-corrected chi connectivity index (χ1v) is 9.78. The lowest BCUT2D eigenvalue weighted by molar-refractivity contribution is 0.000593. The molecule has 3 fully saturated rings. The van der Waals surface area contributed by atoms with E-state index in [-0.39, 0.29) is 6.03 Å². The minimum Gasteiger partial charge on any atom is -0.379 e. The Morgan fingerprint density at radius 2 is 1.93 bits per heavy atom. The van der Waals surface area contributed by atoms with Gasteiger partial charge in [0.1, 0.15) is 12.5 Å². The number of rotatable bonds is 4. The summed E-state index contributed by atoms with van der Waals surface area (Å²) in [6.07, 6.45) is 4.25. The summed E-state index contributed by atoms with van der Waals surface area (Å²) < 4.78 is 7.42. The SMILES string of the molecule is O=C1NNC2=c3cnn(CCN4CCC(N5CCOCC5)CC4)c3=NCN12. The average Bonchev–Trinajstić information content (AvgIpc) is 3.31. The Bertz CT molecular complexity index is 822. The average molecular weight is 374 g/mol. The van der Waals surface area contributed by atoms with Crippen molar-refractivity contribution >= 4 is 11.9 Å². The van der Waals surface area contributed by atoms with Crippen molar-refractivity contribution in [3.05, 3.63) is 16.9 Å². The number of amides is 2. The van der Waals surface area contributed by atoms with Crippen LogP contribution in [0, 0.1) is 0 Å². The Morgan fingerprint density at radius 1 is 1.11 bits per heavy atom. The third-order valence-corrected chi connectivity index (χ3v) is 5.98. The number of aromatic nitrogens is 2. The summed E-state index contributed by atoms with van der Waals surface area (Å²) in [5.74, 6) is 0.752. The van der Waals surface area contributed by atoms with Gasteiger partial charge in [-0.3, -0.25) is 15.2 Å². The Balaban J connectivity index is 1.19. The number of fused-ring (bicyclic) bond motifs is 2. The van der Waals surface area contributed by atoms with Crippen LogP contribution in [0.3, 0.4) is 0 Å². The minimum atomic E-state index is -0.171. The molecule has 10 nitrogen and oxygen atoms in total. The first kappa shape index (κ1) is 17.0. The van der Waals surface area contributed by atoms with Gasteiger partial charge in [0, 0.05) is 25.7 Å². The molecule has 10 heteroatoms. The number of urea groups is 1. The molecule has 5 heterocycles. The maximum Gasteiger partial charge on any atom is 0.343 e. The number of likely N-dealkylation sites (tertiary alicyclic amines) is 1. The molecule has 0 radical (unpaired) electrons. The molecule has 3 saturated heterocycles. The van der Waals surface area contributed by atoms with Gasteiger partial charge in [0.25, 0.3) is 0 Å². The molecule has 0 saturated carbocycles. The molecule has 0 aliphatic carbocycles. The van der Waals surface area contributed by atoms with E-state index in [1.54, 1.807) is 11.1 Å². The molecule has 2 amide bonds. The van der Waals surface area contributed by atoms with Crippen LogP contribution in [0.5, 0.6) is 0 Å². The largest absolute Gasteiger partial charge is 0.379 e. The lowest BCUT2D eigenvalue weighted by Crippen LogP contribution is -2.49. The van der Waals surface area contributed by atoms with Gasteiger partial charge in [-0.25, -0.2) is 19.9 Å². The molecular weight excluding hydrogens is 348 g/mol. The summed E-state index contributed by atoms with van der Waals surface area (Å²) >= 11 is 0. The van der Waals surface area contributed by atoms with E-state index in [4.69, 9.17) is 4.74 Å². The fourth-order valence-electron chi connectivity index (χ4n) is 4.40. The van der Waals surface area contributed by atoms with E-state index in [1.807, 2.05) is 4.68 Å². The zero-order valence-corrected chi connectivity index (χ0v) is 15.4. The fourth-order valence-corrected chi connectivity index (χ4v) is 4.40. The van der Waals surface area contributed by atoms with Crippen LogP contribution in [0.15, 0.2) is 11.2 Å². The van der Waals surface area contributed by atoms with Gasteiger partial charge in [-0.05, 0) is 25.9 Å². The summed E-state index contributed by atoms with van der Waals surface area (Å²) in [6, 6.07) is 0.536. The molecule has 4 aliphatic heterocycles. The maximum atomic E-state index is 11.7. The van der Waals surface area contributed by atoms with E-state index in [2.05, 4.69) is 30.7 Å². The van der Waals surface area contributed by atoms with Gasteiger partial charge in [0.05, 0.1) is 31.2 Å². The van der Waals surface area contributed by atoms with Crippen molar-refractivity contribution in [2.45, 2.75) is 25.4 Å². The number of hydrogen-bond acceptors (Lipinski definition) is 7. The molecular formula is C17H26N8O2. The van der Waals surface area contributed by atoms with Gasteiger partial charge in [-0.2, -0.15) is 5.10 Å². The summed E-state index contributed by atoms with van der Waals surface area (Å²) in [5, 5.41) is 5.38. The van der Waals surface area contributed by atoms with E-state index in [1.165, 1.54) is 12.8 Å². The minimum absolute atomic E-state index is 0.171. The van der Waals surface area contributed by atoms with E-state index in [0.717, 1.165) is 69.0 Å². The van der Waals surface area contributed by atoms with Crippen LogP contribution < -0.4 is 21.6 Å². The summed E-state index contributed by atoms with van der Waals surface area (Å²) in [5.41, 5.74) is 6.39. The lowest BCUT2D eigenvalue weighted by atomic mass is 10.0. The highest BCUT2D eigenvalue weighted by molar-refractivity contribution is 5.85. The van der Waals surface area contributed by atoms with Crippen LogP contribution >= 0.6 is 0 Å². The van der Waals surface area contributed by atoms with Gasteiger partial charge < -0.3 is 9.64 Å². The summed E-state index contributed by atoms with van der Waals surface area (Å²) in [4.78, 5) is 23.0. The highest BCUT2D eigenvalue weighted by Gasteiger charge is 2.29. The Labute approximate surface area is 157 Å². The summed E-state index contributed by atoms with van der Waals surface area (Å²) in [6.45, 7) is 8.29. The predicted octanol–water partition coefficient (Wildman–Crippen LogP) is -2.13. The van der Waals surface area contributed by atoms with E-state index < -0.39 is 0 Å².